The van der Waals surface area contributed by atoms with Crippen molar-refractivity contribution >= 4 is 5.91 Å². The second-order valence-electron chi connectivity index (χ2n) is 5.32. The quantitative estimate of drug-likeness (QED) is 0.850. The molecule has 2 rings (SSSR count). The minimum Gasteiger partial charge on any atom is -0.352 e. The third kappa shape index (κ3) is 4.70. The maximum Gasteiger partial charge on any atom is 0.223 e. The number of carbonyl (C=O) groups excluding carboxylic acids is 1. The zero-order valence-corrected chi connectivity index (χ0v) is 12.6. The highest BCUT2D eigenvalue weighted by molar-refractivity contribution is 5.78. The molecule has 5 heteroatoms. The van der Waals surface area contributed by atoms with Gasteiger partial charge in [-0.1, -0.05) is 44.5 Å². The van der Waals surface area contributed by atoms with E-state index in [-0.39, 0.29) is 11.8 Å². The SMILES string of the molecule is CCCC(C)C(=O)NCc1ccc(Cn2cncn2)cc1. The first-order valence-electron chi connectivity index (χ1n) is 7.37. The van der Waals surface area contributed by atoms with Gasteiger partial charge < -0.3 is 5.32 Å². The molecule has 1 aromatic heterocycles. The van der Waals surface area contributed by atoms with Crippen molar-refractivity contribution in [2.75, 3.05) is 0 Å². The lowest BCUT2D eigenvalue weighted by atomic mass is 10.1. The molecule has 5 nitrogen and oxygen atoms in total. The Morgan fingerprint density at radius 3 is 2.62 bits per heavy atom. The second-order valence-corrected chi connectivity index (χ2v) is 5.32. The summed E-state index contributed by atoms with van der Waals surface area (Å²) in [6, 6.07) is 8.19. The summed E-state index contributed by atoms with van der Waals surface area (Å²) in [5.41, 5.74) is 2.27. The fourth-order valence-electron chi connectivity index (χ4n) is 2.19. The molecule has 0 aliphatic heterocycles. The van der Waals surface area contributed by atoms with Gasteiger partial charge in [0.1, 0.15) is 12.7 Å². The third-order valence-electron chi connectivity index (χ3n) is 3.47. The number of aromatic nitrogens is 3. The van der Waals surface area contributed by atoms with E-state index in [2.05, 4.69) is 34.5 Å². The first-order valence-corrected chi connectivity index (χ1v) is 7.37. The molecule has 0 bridgehead atoms. The van der Waals surface area contributed by atoms with E-state index >= 15 is 0 Å². The van der Waals surface area contributed by atoms with Crippen molar-refractivity contribution in [3.05, 3.63) is 48.0 Å². The van der Waals surface area contributed by atoms with Crippen LogP contribution < -0.4 is 5.32 Å². The van der Waals surface area contributed by atoms with Crippen LogP contribution in [0.2, 0.25) is 0 Å². The fourth-order valence-corrected chi connectivity index (χ4v) is 2.19. The van der Waals surface area contributed by atoms with Crippen LogP contribution in [0, 0.1) is 5.92 Å². The van der Waals surface area contributed by atoms with Crippen molar-refractivity contribution in [3.8, 4) is 0 Å². The highest BCUT2D eigenvalue weighted by atomic mass is 16.1. The van der Waals surface area contributed by atoms with Crippen molar-refractivity contribution in [2.45, 2.75) is 39.8 Å². The number of hydrogen-bond donors (Lipinski definition) is 1. The van der Waals surface area contributed by atoms with E-state index in [1.807, 2.05) is 19.1 Å². The van der Waals surface area contributed by atoms with Gasteiger partial charge in [-0.2, -0.15) is 5.10 Å². The Bertz CT molecular complexity index is 548. The molecule has 1 unspecified atom stereocenters. The minimum atomic E-state index is 0.0848. The number of rotatable bonds is 7. The molecule has 1 amide bonds. The smallest absolute Gasteiger partial charge is 0.223 e. The van der Waals surface area contributed by atoms with Crippen LogP contribution in [-0.4, -0.2) is 20.7 Å². The monoisotopic (exact) mass is 286 g/mol. The molecule has 0 aliphatic carbocycles. The maximum absolute atomic E-state index is 11.9. The average molecular weight is 286 g/mol. The lowest BCUT2D eigenvalue weighted by Crippen LogP contribution is -2.28. The molecule has 0 radical (unpaired) electrons. The molecule has 0 saturated carbocycles. The average Bonchev–Trinajstić information content (AvgIpc) is 2.99. The largest absolute Gasteiger partial charge is 0.352 e. The van der Waals surface area contributed by atoms with Crippen LogP contribution >= 0.6 is 0 Å². The Hall–Kier alpha value is -2.17. The Morgan fingerprint density at radius 2 is 2.00 bits per heavy atom. The fraction of sp³-hybridized carbons (Fsp3) is 0.438. The molecule has 1 N–H and O–H groups in total. The van der Waals surface area contributed by atoms with Gasteiger partial charge in [0.15, 0.2) is 0 Å². The zero-order chi connectivity index (χ0) is 15.1. The lowest BCUT2D eigenvalue weighted by Gasteiger charge is -2.11. The molecule has 0 aliphatic rings. The van der Waals surface area contributed by atoms with E-state index in [4.69, 9.17) is 0 Å². The van der Waals surface area contributed by atoms with Crippen LogP contribution in [0.4, 0.5) is 0 Å². The zero-order valence-electron chi connectivity index (χ0n) is 12.6. The normalized spacial score (nSPS) is 12.1. The molecular weight excluding hydrogens is 264 g/mol. The van der Waals surface area contributed by atoms with Crippen LogP contribution in [0.25, 0.3) is 0 Å². The second kappa shape index (κ2) is 7.57. The molecule has 112 valence electrons. The Labute approximate surface area is 125 Å². The molecule has 2 aromatic rings. The summed E-state index contributed by atoms with van der Waals surface area (Å²) in [7, 11) is 0. The Balaban J connectivity index is 1.83. The van der Waals surface area contributed by atoms with E-state index in [0.29, 0.717) is 13.1 Å². The Kier molecular flexibility index (Phi) is 5.49. The van der Waals surface area contributed by atoms with E-state index < -0.39 is 0 Å². The summed E-state index contributed by atoms with van der Waals surface area (Å²) in [5.74, 6) is 0.213. The molecule has 21 heavy (non-hydrogen) atoms. The maximum atomic E-state index is 11.9. The van der Waals surface area contributed by atoms with Gasteiger partial charge in [-0.3, -0.25) is 4.79 Å². The summed E-state index contributed by atoms with van der Waals surface area (Å²) in [6.07, 6.45) is 5.19. The minimum absolute atomic E-state index is 0.0848. The number of hydrogen-bond acceptors (Lipinski definition) is 3. The van der Waals surface area contributed by atoms with Gasteiger partial charge in [-0.05, 0) is 17.5 Å². The molecular formula is C16H22N4O. The van der Waals surface area contributed by atoms with E-state index in [1.54, 1.807) is 11.0 Å². The number of carbonyl (C=O) groups is 1. The van der Waals surface area contributed by atoms with E-state index in [9.17, 15) is 4.79 Å². The summed E-state index contributed by atoms with van der Waals surface area (Å²) in [5, 5.41) is 7.06. The molecule has 1 aromatic carbocycles. The molecule has 0 spiro atoms. The van der Waals surface area contributed by atoms with Gasteiger partial charge >= 0.3 is 0 Å². The van der Waals surface area contributed by atoms with Crippen LogP contribution in [0.3, 0.4) is 0 Å². The van der Waals surface area contributed by atoms with Crippen LogP contribution in [0.5, 0.6) is 0 Å². The van der Waals surface area contributed by atoms with Gasteiger partial charge in [0, 0.05) is 12.5 Å². The predicted molar refractivity (Wildman–Crippen MR) is 81.5 cm³/mol. The molecule has 1 atom stereocenters. The Morgan fingerprint density at radius 1 is 1.29 bits per heavy atom. The number of nitrogens with one attached hydrogen (secondary N) is 1. The lowest BCUT2D eigenvalue weighted by molar-refractivity contribution is -0.124. The van der Waals surface area contributed by atoms with Gasteiger partial charge in [0.05, 0.1) is 6.54 Å². The van der Waals surface area contributed by atoms with Crippen LogP contribution in [0.1, 0.15) is 37.8 Å². The highest BCUT2D eigenvalue weighted by Gasteiger charge is 2.10. The topological polar surface area (TPSA) is 59.8 Å². The van der Waals surface area contributed by atoms with Crippen LogP contribution in [-0.2, 0) is 17.9 Å². The van der Waals surface area contributed by atoms with Crippen LogP contribution in [0.15, 0.2) is 36.9 Å². The van der Waals surface area contributed by atoms with Crippen molar-refractivity contribution in [1.29, 1.82) is 0 Å². The first kappa shape index (κ1) is 15.2. The van der Waals surface area contributed by atoms with Crippen molar-refractivity contribution < 1.29 is 4.79 Å². The predicted octanol–water partition coefficient (Wildman–Crippen LogP) is 2.38. The third-order valence-corrected chi connectivity index (χ3v) is 3.47. The summed E-state index contributed by atoms with van der Waals surface area (Å²) >= 11 is 0. The van der Waals surface area contributed by atoms with E-state index in [1.165, 1.54) is 6.33 Å². The van der Waals surface area contributed by atoms with Gasteiger partial charge in [-0.15, -0.1) is 0 Å². The van der Waals surface area contributed by atoms with Crippen molar-refractivity contribution in [2.24, 2.45) is 5.92 Å². The van der Waals surface area contributed by atoms with E-state index in [0.717, 1.165) is 24.0 Å². The number of amides is 1. The molecule has 1 heterocycles. The number of nitrogens with zero attached hydrogens (tertiary/aromatic N) is 3. The summed E-state index contributed by atoms with van der Waals surface area (Å²) in [4.78, 5) is 15.8. The summed E-state index contributed by atoms with van der Waals surface area (Å²) in [6.45, 7) is 5.36. The number of benzene rings is 1. The van der Waals surface area contributed by atoms with Crippen molar-refractivity contribution in [1.82, 2.24) is 20.1 Å². The van der Waals surface area contributed by atoms with Crippen molar-refractivity contribution in [3.63, 3.8) is 0 Å². The van der Waals surface area contributed by atoms with Gasteiger partial charge in [0.2, 0.25) is 5.91 Å². The first-order chi connectivity index (χ1) is 10.2. The van der Waals surface area contributed by atoms with Gasteiger partial charge in [0.25, 0.3) is 0 Å². The molecule has 0 fully saturated rings. The standard InChI is InChI=1S/C16H22N4O/c1-3-4-13(2)16(21)18-9-14-5-7-15(8-6-14)10-20-12-17-11-19-20/h5-8,11-13H,3-4,9-10H2,1-2H3,(H,18,21). The van der Waals surface area contributed by atoms with Gasteiger partial charge in [-0.25, -0.2) is 9.67 Å². The highest BCUT2D eigenvalue weighted by Crippen LogP contribution is 2.08. The molecule has 0 saturated heterocycles. The summed E-state index contributed by atoms with van der Waals surface area (Å²) < 4.78 is 1.78.